The van der Waals surface area contributed by atoms with Crippen molar-refractivity contribution in [3.05, 3.63) is 47.8 Å². The number of aliphatic carboxylic acids is 1. The number of nitrogens with two attached hydrogens (primary N) is 3. The maximum atomic E-state index is 14.1. The molecule has 4 rings (SSSR count). The lowest BCUT2D eigenvalue weighted by atomic mass is 9.94. The van der Waals surface area contributed by atoms with Crippen molar-refractivity contribution in [3.8, 4) is 0 Å². The van der Waals surface area contributed by atoms with Crippen LogP contribution in [0.2, 0.25) is 0 Å². The molecule has 15 N–H and O–H groups in total. The fourth-order valence-electron chi connectivity index (χ4n) is 6.43. The van der Waals surface area contributed by atoms with Gasteiger partial charge in [0.2, 0.25) is 23.6 Å². The molecular formula is C35H52N12O11. The van der Waals surface area contributed by atoms with E-state index in [0.717, 1.165) is 5.56 Å². The number of hydrogen-bond acceptors (Lipinski definition) is 14. The predicted molar refractivity (Wildman–Crippen MR) is 202 cm³/mol. The van der Waals surface area contributed by atoms with Crippen molar-refractivity contribution in [2.24, 2.45) is 22.2 Å². The summed E-state index contributed by atoms with van der Waals surface area (Å²) in [7, 11) is 0. The van der Waals surface area contributed by atoms with Crippen LogP contribution in [0.25, 0.3) is 0 Å². The van der Waals surface area contributed by atoms with Gasteiger partial charge >= 0.3 is 5.97 Å². The molecule has 1 aromatic heterocycles. The minimum atomic E-state index is -1.71. The Labute approximate surface area is 332 Å². The number of carbonyl (C=O) groups is 6. The molecule has 2 unspecified atom stereocenters. The highest BCUT2D eigenvalue weighted by Gasteiger charge is 2.46. The molecule has 1 aromatic carbocycles. The van der Waals surface area contributed by atoms with E-state index in [1.807, 2.05) is 0 Å². The van der Waals surface area contributed by atoms with Crippen LogP contribution in [0.15, 0.2) is 41.5 Å². The molecular weight excluding hydrogens is 764 g/mol. The molecule has 2 aliphatic rings. The lowest BCUT2D eigenvalue weighted by molar-refractivity contribution is -0.217. The summed E-state index contributed by atoms with van der Waals surface area (Å²) in [6.45, 7) is -0.688. The maximum Gasteiger partial charge on any atom is 0.305 e. The normalized spacial score (nSPS) is 27.0. The van der Waals surface area contributed by atoms with Crippen LogP contribution in [-0.2, 0) is 39.9 Å². The lowest BCUT2D eigenvalue weighted by Crippen LogP contribution is -2.62. The Hall–Kier alpha value is -5.75. The molecule has 2 bridgehead atoms. The van der Waals surface area contributed by atoms with Gasteiger partial charge in [-0.2, -0.15) is 0 Å². The first-order valence-corrected chi connectivity index (χ1v) is 18.8. The number of aliphatic imine (C=N–C) groups is 1. The number of amides is 5. The number of carbonyl (C=O) groups excluding carboxylic acids is 5. The number of carboxylic acids is 1. The van der Waals surface area contributed by atoms with Gasteiger partial charge in [0.1, 0.15) is 42.1 Å². The molecule has 2 aromatic rings. The zero-order valence-corrected chi connectivity index (χ0v) is 31.6. The molecule has 0 saturated carbocycles. The van der Waals surface area contributed by atoms with Gasteiger partial charge in [0.25, 0.3) is 5.91 Å². The minimum Gasteiger partial charge on any atom is -0.481 e. The van der Waals surface area contributed by atoms with E-state index < -0.39 is 103 Å². The van der Waals surface area contributed by atoms with Crippen molar-refractivity contribution < 1.29 is 53.9 Å². The van der Waals surface area contributed by atoms with Gasteiger partial charge in [0, 0.05) is 19.6 Å². The fourth-order valence-corrected chi connectivity index (χ4v) is 6.43. The van der Waals surface area contributed by atoms with Gasteiger partial charge in [-0.3, -0.25) is 33.8 Å². The average Bonchev–Trinajstić information content (AvgIpc) is 3.67. The van der Waals surface area contributed by atoms with Crippen molar-refractivity contribution >= 4 is 41.5 Å². The Kier molecular flexibility index (Phi) is 16.8. The largest absolute Gasteiger partial charge is 0.481 e. The number of nitrogens with one attached hydrogen (secondary N) is 5. The summed E-state index contributed by atoms with van der Waals surface area (Å²) in [5.41, 5.74) is 17.4. The van der Waals surface area contributed by atoms with Gasteiger partial charge in [-0.25, -0.2) is 4.68 Å². The van der Waals surface area contributed by atoms with Crippen LogP contribution in [0.5, 0.6) is 0 Å². The third-order valence-electron chi connectivity index (χ3n) is 9.54. The van der Waals surface area contributed by atoms with Gasteiger partial charge < -0.3 is 68.9 Å². The predicted octanol–water partition coefficient (Wildman–Crippen LogP) is -5.06. The molecule has 5 amide bonds. The molecule has 0 spiro atoms. The SMILES string of the molecule is NC[C@H]1OC(C(=O)NCCCC[C@H]2C(=O)N[C@@H](CCCN=C(N)N)C(=O)NCC(=O)N[C@@H](CC(=O)O)C(=O)N[C@@H](Cc3ccccc3)c3cn2nn3)[C@@H](O)C(O)[C@H]1O. The van der Waals surface area contributed by atoms with Crippen LogP contribution < -0.4 is 43.8 Å². The number of benzene rings is 1. The number of ether oxygens (including phenoxy) is 1. The number of carboxylic acid groups (broad SMARTS) is 1. The minimum absolute atomic E-state index is 0.0341. The van der Waals surface area contributed by atoms with E-state index in [-0.39, 0.29) is 63.4 Å². The van der Waals surface area contributed by atoms with Crippen molar-refractivity contribution in [1.82, 2.24) is 41.6 Å². The third-order valence-corrected chi connectivity index (χ3v) is 9.54. The molecule has 23 heteroatoms. The highest BCUT2D eigenvalue weighted by molar-refractivity contribution is 5.94. The first kappa shape index (κ1) is 45.0. The Morgan fingerprint density at radius 2 is 1.62 bits per heavy atom. The van der Waals surface area contributed by atoms with E-state index in [9.17, 15) is 49.2 Å². The molecule has 1 saturated heterocycles. The molecule has 58 heavy (non-hydrogen) atoms. The summed E-state index contributed by atoms with van der Waals surface area (Å²) in [5.74, 6) is -5.40. The monoisotopic (exact) mass is 816 g/mol. The lowest BCUT2D eigenvalue weighted by Gasteiger charge is -2.39. The number of aromatic nitrogens is 3. The Morgan fingerprint density at radius 1 is 0.897 bits per heavy atom. The van der Waals surface area contributed by atoms with Crippen LogP contribution in [-0.4, -0.2) is 146 Å². The highest BCUT2D eigenvalue weighted by Crippen LogP contribution is 2.23. The third kappa shape index (κ3) is 12.9. The second-order valence-corrected chi connectivity index (χ2v) is 13.9. The zero-order chi connectivity index (χ0) is 42.4. The van der Waals surface area contributed by atoms with E-state index in [1.165, 1.54) is 10.9 Å². The summed E-state index contributed by atoms with van der Waals surface area (Å²) in [5, 5.41) is 61.4. The number of aliphatic hydroxyl groups is 3. The van der Waals surface area contributed by atoms with Gasteiger partial charge in [-0.1, -0.05) is 35.5 Å². The topological polar surface area (TPSA) is 374 Å². The number of aliphatic hydroxyl groups excluding tert-OH is 3. The molecule has 318 valence electrons. The molecule has 3 heterocycles. The van der Waals surface area contributed by atoms with Gasteiger partial charge in [0.15, 0.2) is 12.1 Å². The van der Waals surface area contributed by atoms with E-state index in [2.05, 4.69) is 41.9 Å². The van der Waals surface area contributed by atoms with Crippen molar-refractivity contribution in [2.45, 2.75) is 99.6 Å². The number of fused-ring (bicyclic) bond motifs is 2. The van der Waals surface area contributed by atoms with Crippen molar-refractivity contribution in [2.75, 3.05) is 26.2 Å². The Balaban J connectivity index is 1.59. The van der Waals surface area contributed by atoms with Crippen LogP contribution >= 0.6 is 0 Å². The standard InChI is InChI=1S/C35H52N12O11/c36-15-24-27(51)28(52)29(53)30(58-24)34(57)39-11-5-4-10-23-33(56)43-19(9-6-12-40-35(37)38)31(54)41-16-25(48)42-21(14-26(49)50)32(55)44-20(22-17-47(23)46-45-22)13-18-7-2-1-3-8-18/h1-3,7-8,17,19-21,23-24,27-30,51-53H,4-6,9-16,36H2,(H,39,57)(H,41,54)(H,42,48)(H,43,56)(H,44,55)(H,49,50)(H4,37,38,40)/t19-,20-,21-,23-,24+,27-,28?,29-,30?/m0/s1. The highest BCUT2D eigenvalue weighted by atomic mass is 16.5. The number of unbranched alkanes of at least 4 members (excludes halogenated alkanes) is 1. The molecule has 0 radical (unpaired) electrons. The molecule has 23 nitrogen and oxygen atoms in total. The van der Waals surface area contributed by atoms with E-state index >= 15 is 0 Å². The fraction of sp³-hybridized carbons (Fsp3) is 0.571. The average molecular weight is 817 g/mol. The number of nitrogens with zero attached hydrogens (tertiary/aromatic N) is 4. The zero-order valence-electron chi connectivity index (χ0n) is 31.6. The summed E-state index contributed by atoms with van der Waals surface area (Å²) in [4.78, 5) is 82.4. The van der Waals surface area contributed by atoms with Crippen LogP contribution in [0.1, 0.15) is 61.9 Å². The molecule has 2 aliphatic heterocycles. The molecule has 0 aliphatic carbocycles. The quantitative estimate of drug-likeness (QED) is 0.0455. The van der Waals surface area contributed by atoms with Crippen molar-refractivity contribution in [1.29, 1.82) is 0 Å². The molecule has 9 atom stereocenters. The second-order valence-electron chi connectivity index (χ2n) is 13.9. The van der Waals surface area contributed by atoms with E-state index in [1.54, 1.807) is 30.3 Å². The second kappa shape index (κ2) is 21.7. The number of rotatable bonds is 15. The van der Waals surface area contributed by atoms with Crippen LogP contribution in [0, 0.1) is 0 Å². The summed E-state index contributed by atoms with van der Waals surface area (Å²) < 4.78 is 6.70. The Bertz CT molecular complexity index is 1760. The Morgan fingerprint density at radius 3 is 2.31 bits per heavy atom. The number of guanidine groups is 1. The van der Waals surface area contributed by atoms with Crippen LogP contribution in [0.4, 0.5) is 0 Å². The van der Waals surface area contributed by atoms with E-state index in [0.29, 0.717) is 6.42 Å². The summed E-state index contributed by atoms with van der Waals surface area (Å²) in [6, 6.07) is 4.26. The molecule has 1 fully saturated rings. The van der Waals surface area contributed by atoms with Gasteiger partial charge in [0.05, 0.1) is 31.3 Å². The first-order chi connectivity index (χ1) is 27.7. The first-order valence-electron chi connectivity index (χ1n) is 18.8. The van der Waals surface area contributed by atoms with E-state index in [4.69, 9.17) is 21.9 Å². The van der Waals surface area contributed by atoms with Crippen LogP contribution in [0.3, 0.4) is 0 Å². The van der Waals surface area contributed by atoms with Crippen molar-refractivity contribution in [3.63, 3.8) is 0 Å². The summed E-state index contributed by atoms with van der Waals surface area (Å²) in [6.07, 6.45) is -5.63. The maximum absolute atomic E-state index is 14.1. The van der Waals surface area contributed by atoms with Gasteiger partial charge in [-0.15, -0.1) is 5.10 Å². The van der Waals surface area contributed by atoms with Gasteiger partial charge in [-0.05, 0) is 44.1 Å². The number of hydrogen-bond donors (Lipinski definition) is 12. The smallest absolute Gasteiger partial charge is 0.305 e. The summed E-state index contributed by atoms with van der Waals surface area (Å²) >= 11 is 0.